The topological polar surface area (TPSA) is 153 Å². The summed E-state index contributed by atoms with van der Waals surface area (Å²) in [5.74, 6) is 0.204. The maximum atomic E-state index is 11.5. The van der Waals surface area contributed by atoms with Gasteiger partial charge < -0.3 is 19.3 Å². The van der Waals surface area contributed by atoms with Gasteiger partial charge in [0.2, 0.25) is 15.8 Å². The van der Waals surface area contributed by atoms with Gasteiger partial charge in [0.1, 0.15) is 18.0 Å². The molecule has 0 aromatic heterocycles. The lowest BCUT2D eigenvalue weighted by Gasteiger charge is -2.10. The second-order valence-corrected chi connectivity index (χ2v) is 7.59. The summed E-state index contributed by atoms with van der Waals surface area (Å²) in [6.45, 7) is 4.08. The summed E-state index contributed by atoms with van der Waals surface area (Å²) in [4.78, 5) is 16.7. The number of rotatable bonds is 7. The van der Waals surface area contributed by atoms with E-state index in [1.807, 2.05) is 31.2 Å². The number of carbonyl (C=O) groups is 1. The van der Waals surface area contributed by atoms with Crippen LogP contribution in [-0.2, 0) is 19.9 Å². The average molecular weight is 456 g/mol. The van der Waals surface area contributed by atoms with E-state index in [0.717, 1.165) is 9.79 Å². The number of aryl methyl sites for hydroxylation is 1. The Kier molecular flexibility index (Phi) is 10.1. The summed E-state index contributed by atoms with van der Waals surface area (Å²) < 4.78 is 43.1. The molecule has 2 N–H and O–H groups in total. The zero-order valence-corrected chi connectivity index (χ0v) is 18.1. The number of hydrogen-bond donors (Lipinski definition) is 2. The normalized spacial score (nSPS) is 10.3. The van der Waals surface area contributed by atoms with E-state index in [1.165, 1.54) is 17.3 Å². The van der Waals surface area contributed by atoms with E-state index in [2.05, 4.69) is 10.3 Å². The van der Waals surface area contributed by atoms with Crippen molar-refractivity contribution < 1.29 is 31.8 Å². The van der Waals surface area contributed by atoms with Gasteiger partial charge in [-0.3, -0.25) is 9.35 Å². The van der Waals surface area contributed by atoms with Crippen molar-refractivity contribution in [2.75, 3.05) is 25.6 Å². The third-order valence-corrected chi connectivity index (χ3v) is 4.41. The highest BCUT2D eigenvalue weighted by Crippen LogP contribution is 2.41. The number of nitrogens with one attached hydrogen (secondary N) is 1. The Morgan fingerprint density at radius 2 is 1.90 bits per heavy atom. The van der Waals surface area contributed by atoms with Crippen LogP contribution >= 0.6 is 11.8 Å². The van der Waals surface area contributed by atoms with E-state index in [4.69, 9.17) is 27.0 Å². The number of methoxy groups -OCH3 is 1. The fourth-order valence-corrected chi connectivity index (χ4v) is 3.07. The molecule has 0 heterocycles. The van der Waals surface area contributed by atoms with Gasteiger partial charge in [-0.2, -0.15) is 0 Å². The number of anilines is 1. The Bertz CT molecular complexity index is 996. The molecule has 0 atom stereocenters. The van der Waals surface area contributed by atoms with Crippen molar-refractivity contribution in [1.82, 2.24) is 0 Å². The maximum Gasteiger partial charge on any atom is 0.411 e. The molecule has 0 fully saturated rings. The van der Waals surface area contributed by atoms with E-state index in [-0.39, 0.29) is 18.2 Å². The quantitative estimate of drug-likeness (QED) is 0.274. The van der Waals surface area contributed by atoms with Crippen LogP contribution in [0.5, 0.6) is 5.75 Å². The molecule has 12 heteroatoms. The minimum Gasteiger partial charge on any atom is -0.726 e. The molecule has 0 saturated carbocycles. The van der Waals surface area contributed by atoms with Gasteiger partial charge in [0.15, 0.2) is 4.98 Å². The van der Waals surface area contributed by atoms with Crippen molar-refractivity contribution in [2.24, 2.45) is 0 Å². The smallest absolute Gasteiger partial charge is 0.411 e. The first-order chi connectivity index (χ1) is 14.1. The third-order valence-electron chi connectivity index (χ3n) is 3.37. The first-order valence-electron chi connectivity index (χ1n) is 8.46. The van der Waals surface area contributed by atoms with Crippen molar-refractivity contribution in [2.45, 2.75) is 23.6 Å². The number of hydrogen-bond acceptors (Lipinski definition) is 9. The first-order valence-corrected chi connectivity index (χ1v) is 10.6. The van der Waals surface area contributed by atoms with Gasteiger partial charge in [0, 0.05) is 4.90 Å². The summed E-state index contributed by atoms with van der Waals surface area (Å²) in [6, 6.07) is 11.5. The molecule has 0 radical (unpaired) electrons. The van der Waals surface area contributed by atoms with Gasteiger partial charge in [0.05, 0.1) is 24.7 Å². The Labute approximate surface area is 178 Å². The molecule has 2 rings (SSSR count). The van der Waals surface area contributed by atoms with Gasteiger partial charge in [-0.25, -0.2) is 8.42 Å². The minimum absolute atomic E-state index is 0.0165. The van der Waals surface area contributed by atoms with Crippen molar-refractivity contribution >= 4 is 39.5 Å². The van der Waals surface area contributed by atoms with Crippen LogP contribution in [0.1, 0.15) is 12.5 Å². The molecule has 10 nitrogen and oxygen atoms in total. The molecule has 0 bridgehead atoms. The predicted molar refractivity (Wildman–Crippen MR) is 110 cm³/mol. The van der Waals surface area contributed by atoms with Crippen molar-refractivity contribution in [3.05, 3.63) is 46.9 Å². The highest BCUT2D eigenvalue weighted by atomic mass is 32.3. The Morgan fingerprint density at radius 1 is 1.30 bits per heavy atom. The van der Waals surface area contributed by atoms with E-state index in [1.54, 1.807) is 26.2 Å². The molecule has 0 spiro atoms. The van der Waals surface area contributed by atoms with Gasteiger partial charge in [-0.1, -0.05) is 29.5 Å². The number of nitrogens with zero attached hydrogens (tertiary/aromatic N) is 2. The van der Waals surface area contributed by atoms with Crippen LogP contribution in [0.2, 0.25) is 0 Å². The highest BCUT2D eigenvalue weighted by Gasteiger charge is 2.20. The number of carbonyl (C=O) groups excluding carboxylic acids is 1. The summed E-state index contributed by atoms with van der Waals surface area (Å²) in [5.41, 5.74) is 1.99. The molecule has 162 valence electrons. The third kappa shape index (κ3) is 9.57. The van der Waals surface area contributed by atoms with Gasteiger partial charge in [0.25, 0.3) is 0 Å². The Morgan fingerprint density at radius 3 is 2.40 bits per heavy atom. The van der Waals surface area contributed by atoms with Crippen molar-refractivity contribution in [1.29, 1.82) is 5.39 Å². The summed E-state index contributed by atoms with van der Waals surface area (Å²) in [5, 5.41) is 12.2. The monoisotopic (exact) mass is 455 g/mol. The highest BCUT2D eigenvalue weighted by molar-refractivity contribution is 7.99. The van der Waals surface area contributed by atoms with Crippen LogP contribution in [-0.4, -0.2) is 43.8 Å². The maximum absolute atomic E-state index is 11.5. The lowest BCUT2D eigenvalue weighted by atomic mass is 10.2. The number of esters is 1. The molecule has 0 unspecified atom stereocenters. The Balaban J connectivity index is 0.000000804. The second-order valence-electron chi connectivity index (χ2n) is 5.62. The fourth-order valence-electron chi connectivity index (χ4n) is 2.13. The predicted octanol–water partition coefficient (Wildman–Crippen LogP) is 3.62. The van der Waals surface area contributed by atoms with Gasteiger partial charge >= 0.3 is 11.7 Å². The Hall–Kier alpha value is -2.85. The molecule has 0 aliphatic carbocycles. The van der Waals surface area contributed by atoms with E-state index in [9.17, 15) is 10.2 Å². The molecule has 0 aliphatic heterocycles. The lowest BCUT2D eigenvalue weighted by Crippen LogP contribution is -2.16. The molecule has 30 heavy (non-hydrogen) atoms. The van der Waals surface area contributed by atoms with Gasteiger partial charge in [-0.15, -0.1) is 0 Å². The SMILES string of the molecule is CCOC(=O)CNc1cc(Sc2ccc(C)cc2)c(OC)cc1[N+]#N.O=S(=O)([O-])O. The minimum atomic E-state index is -4.92. The van der Waals surface area contributed by atoms with Gasteiger partial charge in [-0.05, 0) is 32.0 Å². The molecular weight excluding hydrogens is 434 g/mol. The first kappa shape index (κ1) is 25.2. The van der Waals surface area contributed by atoms with Crippen LogP contribution in [0.25, 0.3) is 4.98 Å². The van der Waals surface area contributed by atoms with E-state index >= 15 is 0 Å². The molecule has 0 amide bonds. The van der Waals surface area contributed by atoms with E-state index < -0.39 is 10.4 Å². The standard InChI is InChI=1S/C18H20N3O3S.H2O4S/c1-4-24-18(22)11-20-14-10-17(16(23-3)9-15(14)21-19)25-13-7-5-12(2)6-8-13;1-5(2,3)4/h5-10,20H,4,11H2,1-3H3;(H2,1,2,3,4)/q+1;/p-1. The van der Waals surface area contributed by atoms with Crippen molar-refractivity contribution in [3.63, 3.8) is 0 Å². The largest absolute Gasteiger partial charge is 0.726 e. The molecule has 0 aliphatic rings. The number of benzene rings is 2. The van der Waals surface area contributed by atoms with Crippen LogP contribution in [0.4, 0.5) is 11.4 Å². The molecule has 2 aromatic carbocycles. The summed E-state index contributed by atoms with van der Waals surface area (Å²) >= 11 is 1.52. The molecule has 2 aromatic rings. The number of ether oxygens (including phenoxy) is 2. The fraction of sp³-hybridized carbons (Fsp3) is 0.278. The second kappa shape index (κ2) is 12.0. The summed E-state index contributed by atoms with van der Waals surface area (Å²) in [7, 11) is -3.36. The zero-order chi connectivity index (χ0) is 22.7. The van der Waals surface area contributed by atoms with Crippen LogP contribution in [0.15, 0.2) is 46.2 Å². The summed E-state index contributed by atoms with van der Waals surface area (Å²) in [6.07, 6.45) is 0. The number of diazo groups is 1. The zero-order valence-electron chi connectivity index (χ0n) is 16.5. The van der Waals surface area contributed by atoms with Crippen LogP contribution in [0.3, 0.4) is 0 Å². The van der Waals surface area contributed by atoms with Crippen LogP contribution in [0, 0.1) is 12.3 Å². The van der Waals surface area contributed by atoms with Crippen molar-refractivity contribution in [3.8, 4) is 5.75 Å². The van der Waals surface area contributed by atoms with E-state index in [0.29, 0.717) is 18.0 Å². The lowest BCUT2D eigenvalue weighted by molar-refractivity contribution is -0.140. The molecule has 0 saturated heterocycles. The molecular formula is C18H21N3O7S2. The average Bonchev–Trinajstić information content (AvgIpc) is 2.67. The van der Waals surface area contributed by atoms with Crippen LogP contribution < -0.4 is 10.1 Å².